The van der Waals surface area contributed by atoms with Crippen LogP contribution < -0.4 is 16.0 Å². The molecule has 0 amide bonds. The number of thiazole rings is 3. The molecule has 0 fully saturated rings. The molecule has 174 valence electrons. The minimum absolute atomic E-state index is 0.558. The molecule has 0 aliphatic carbocycles. The fourth-order valence-corrected chi connectivity index (χ4v) is 4.84. The SMILES string of the molecule is C=C(CNCc1cnc(Cl)s1)NCc1cnc(Cl)s1.C=C(NCc1cnc(Cl)s1)N(C)C. The molecule has 0 bridgehead atoms. The monoisotopic (exact) mass is 551 g/mol. The normalized spacial score (nSPS) is 10.3. The van der Waals surface area contributed by atoms with E-state index < -0.39 is 0 Å². The van der Waals surface area contributed by atoms with Crippen LogP contribution in [0, 0.1) is 0 Å². The van der Waals surface area contributed by atoms with Crippen LogP contribution in [0.15, 0.2) is 43.3 Å². The average Bonchev–Trinajstić information content (AvgIpc) is 3.47. The second-order valence-corrected chi connectivity index (χ2v) is 11.6. The maximum atomic E-state index is 5.76. The van der Waals surface area contributed by atoms with E-state index in [2.05, 4.69) is 44.1 Å². The van der Waals surface area contributed by atoms with Gasteiger partial charge in [0.2, 0.25) is 0 Å². The molecule has 3 aromatic heterocycles. The fraction of sp³-hybridized carbons (Fsp3) is 0.316. The van der Waals surface area contributed by atoms with Crippen molar-refractivity contribution in [2.45, 2.75) is 19.6 Å². The predicted molar refractivity (Wildman–Crippen MR) is 139 cm³/mol. The number of halogens is 3. The fourth-order valence-electron chi connectivity index (χ4n) is 2.05. The van der Waals surface area contributed by atoms with Gasteiger partial charge in [-0.1, -0.05) is 48.0 Å². The number of aromatic nitrogens is 3. The summed E-state index contributed by atoms with van der Waals surface area (Å²) in [6.45, 7) is 10.6. The lowest BCUT2D eigenvalue weighted by molar-refractivity contribution is 0.463. The van der Waals surface area contributed by atoms with E-state index in [1.807, 2.05) is 19.0 Å². The van der Waals surface area contributed by atoms with Gasteiger partial charge in [0.25, 0.3) is 0 Å². The van der Waals surface area contributed by atoms with Gasteiger partial charge in [0.05, 0.1) is 18.9 Å². The van der Waals surface area contributed by atoms with E-state index >= 15 is 0 Å². The van der Waals surface area contributed by atoms with E-state index in [4.69, 9.17) is 34.8 Å². The Hall–Kier alpha value is -1.40. The summed E-state index contributed by atoms with van der Waals surface area (Å²) in [4.78, 5) is 17.1. The second-order valence-electron chi connectivity index (χ2n) is 6.49. The van der Waals surface area contributed by atoms with Crippen molar-refractivity contribution in [2.24, 2.45) is 0 Å². The Bertz CT molecular complexity index is 1000. The summed E-state index contributed by atoms with van der Waals surface area (Å²) in [5.74, 6) is 0.879. The van der Waals surface area contributed by atoms with Gasteiger partial charge >= 0.3 is 0 Å². The zero-order valence-electron chi connectivity index (χ0n) is 17.6. The van der Waals surface area contributed by atoms with Crippen LogP contribution in [-0.4, -0.2) is 40.5 Å². The molecule has 0 saturated carbocycles. The molecule has 0 atom stereocenters. The highest BCUT2D eigenvalue weighted by molar-refractivity contribution is 7.16. The molecule has 0 aromatic carbocycles. The van der Waals surface area contributed by atoms with Gasteiger partial charge in [-0.15, -0.1) is 34.0 Å². The van der Waals surface area contributed by atoms with Crippen LogP contribution in [0.1, 0.15) is 14.6 Å². The van der Waals surface area contributed by atoms with Crippen molar-refractivity contribution >= 4 is 68.8 Å². The van der Waals surface area contributed by atoms with Crippen molar-refractivity contribution in [1.29, 1.82) is 0 Å². The third-order valence-electron chi connectivity index (χ3n) is 3.73. The molecule has 32 heavy (non-hydrogen) atoms. The highest BCUT2D eigenvalue weighted by Gasteiger charge is 2.02. The van der Waals surface area contributed by atoms with Gasteiger partial charge in [-0.2, -0.15) is 0 Å². The minimum atomic E-state index is 0.558. The summed E-state index contributed by atoms with van der Waals surface area (Å²) < 4.78 is 1.70. The van der Waals surface area contributed by atoms with Crippen LogP contribution >= 0.6 is 68.8 Å². The first-order valence-electron chi connectivity index (χ1n) is 9.26. The quantitative estimate of drug-likeness (QED) is 0.301. The zero-order valence-corrected chi connectivity index (χ0v) is 22.3. The van der Waals surface area contributed by atoms with Crippen LogP contribution in [0.5, 0.6) is 0 Å². The summed E-state index contributed by atoms with van der Waals surface area (Å²) in [6, 6.07) is 0. The van der Waals surface area contributed by atoms with Gasteiger partial charge in [0, 0.05) is 66.1 Å². The van der Waals surface area contributed by atoms with Gasteiger partial charge in [-0.25, -0.2) is 15.0 Å². The third kappa shape index (κ3) is 10.5. The molecule has 3 heterocycles. The number of nitrogens with zero attached hydrogens (tertiary/aromatic N) is 4. The first-order chi connectivity index (χ1) is 15.2. The van der Waals surface area contributed by atoms with Gasteiger partial charge < -0.3 is 20.9 Å². The Morgan fingerprint density at radius 1 is 0.812 bits per heavy atom. The van der Waals surface area contributed by atoms with Gasteiger partial charge in [-0.05, 0) is 0 Å². The Kier molecular flexibility index (Phi) is 11.7. The molecule has 3 aromatic rings. The number of nitrogens with one attached hydrogen (secondary N) is 3. The topological polar surface area (TPSA) is 78.0 Å². The largest absolute Gasteiger partial charge is 0.383 e. The maximum absolute atomic E-state index is 5.76. The zero-order chi connectivity index (χ0) is 23.5. The van der Waals surface area contributed by atoms with Crippen molar-refractivity contribution in [3.63, 3.8) is 0 Å². The molecule has 0 saturated heterocycles. The van der Waals surface area contributed by atoms with Crippen molar-refractivity contribution in [2.75, 3.05) is 20.6 Å². The van der Waals surface area contributed by atoms with Crippen LogP contribution in [0.25, 0.3) is 0 Å². The Labute approximate surface area is 215 Å². The molecule has 13 heteroatoms. The lowest BCUT2D eigenvalue weighted by atomic mass is 10.4. The molecule has 7 nitrogen and oxygen atoms in total. The van der Waals surface area contributed by atoms with Crippen molar-refractivity contribution in [3.8, 4) is 0 Å². The highest BCUT2D eigenvalue weighted by Crippen LogP contribution is 2.19. The minimum Gasteiger partial charge on any atom is -0.383 e. The van der Waals surface area contributed by atoms with Crippen molar-refractivity contribution < 1.29 is 0 Å². The van der Waals surface area contributed by atoms with Gasteiger partial charge in [0.15, 0.2) is 13.4 Å². The highest BCUT2D eigenvalue weighted by atomic mass is 35.5. The first-order valence-corrected chi connectivity index (χ1v) is 12.8. The van der Waals surface area contributed by atoms with Gasteiger partial charge in [-0.3, -0.25) is 0 Å². The summed E-state index contributed by atoms with van der Waals surface area (Å²) in [6.07, 6.45) is 5.30. The van der Waals surface area contributed by atoms with Gasteiger partial charge in [0.1, 0.15) is 0 Å². The smallest absolute Gasteiger partial charge is 0.183 e. The lowest BCUT2D eigenvalue weighted by Crippen LogP contribution is -2.23. The Morgan fingerprint density at radius 3 is 1.66 bits per heavy atom. The predicted octanol–water partition coefficient (Wildman–Crippen LogP) is 5.22. The molecular weight excluding hydrogens is 529 g/mol. The van der Waals surface area contributed by atoms with E-state index in [9.17, 15) is 0 Å². The van der Waals surface area contributed by atoms with Crippen LogP contribution in [0.3, 0.4) is 0 Å². The van der Waals surface area contributed by atoms with E-state index in [-0.39, 0.29) is 0 Å². The van der Waals surface area contributed by atoms with E-state index in [1.165, 1.54) is 34.0 Å². The Balaban J connectivity index is 0.000000244. The number of rotatable bonds is 11. The Morgan fingerprint density at radius 2 is 1.25 bits per heavy atom. The van der Waals surface area contributed by atoms with E-state index in [0.717, 1.165) is 39.2 Å². The van der Waals surface area contributed by atoms with E-state index in [0.29, 0.717) is 26.5 Å². The molecule has 0 spiro atoms. The molecule has 0 unspecified atom stereocenters. The molecule has 0 aliphatic heterocycles. The number of hydrogen-bond acceptors (Lipinski definition) is 10. The summed E-state index contributed by atoms with van der Waals surface area (Å²) >= 11 is 21.6. The van der Waals surface area contributed by atoms with Crippen LogP contribution in [-0.2, 0) is 19.6 Å². The van der Waals surface area contributed by atoms with Crippen molar-refractivity contribution in [1.82, 2.24) is 35.8 Å². The van der Waals surface area contributed by atoms with Crippen molar-refractivity contribution in [3.05, 3.63) is 71.3 Å². The van der Waals surface area contributed by atoms with E-state index in [1.54, 1.807) is 18.6 Å². The maximum Gasteiger partial charge on any atom is 0.183 e. The second kappa shape index (κ2) is 14.0. The first kappa shape index (κ1) is 26.8. The number of hydrogen-bond donors (Lipinski definition) is 3. The summed E-state index contributed by atoms with van der Waals surface area (Å²) in [5.41, 5.74) is 0.917. The van der Waals surface area contributed by atoms with Crippen LogP contribution in [0.2, 0.25) is 13.4 Å². The molecule has 3 N–H and O–H groups in total. The van der Waals surface area contributed by atoms with Crippen LogP contribution in [0.4, 0.5) is 0 Å². The molecular formula is C19H24Cl3N7S3. The lowest BCUT2D eigenvalue weighted by Gasteiger charge is -2.16. The molecule has 0 radical (unpaired) electrons. The third-order valence-corrected chi connectivity index (χ3v) is 7.08. The molecule has 3 rings (SSSR count). The summed E-state index contributed by atoms with van der Waals surface area (Å²) in [5, 5.41) is 9.64. The molecule has 0 aliphatic rings. The average molecular weight is 553 g/mol. The summed E-state index contributed by atoms with van der Waals surface area (Å²) in [7, 11) is 3.88. The standard InChI is InChI=1S/C11H12Cl2N4S2.C8H12ClN3S/c1-7(15-4-9-6-17-11(13)19-9)2-14-3-8-5-16-10(12)18-8;1-6(12(2)3)10-4-7-5-11-8(9)13-7/h5-6,14-15H,1-4H2;5,10H,1,4H2,2-3H3.